The molecule has 3 heteroatoms. The number of anilines is 1. The van der Waals surface area contributed by atoms with Gasteiger partial charge in [-0.25, -0.2) is 0 Å². The van der Waals surface area contributed by atoms with Gasteiger partial charge in [0.1, 0.15) is 10.9 Å². The van der Waals surface area contributed by atoms with Crippen LogP contribution in [0.1, 0.15) is 20.9 Å². The van der Waals surface area contributed by atoms with Crippen LogP contribution in [0.3, 0.4) is 0 Å². The molecule has 1 aromatic heterocycles. The lowest BCUT2D eigenvalue weighted by molar-refractivity contribution is 1.18. The molecule has 0 aliphatic rings. The van der Waals surface area contributed by atoms with E-state index in [0.717, 1.165) is 17.1 Å². The van der Waals surface area contributed by atoms with E-state index in [1.165, 1.54) is 27.3 Å². The highest BCUT2D eigenvalue weighted by atomic mass is 32.1. The van der Waals surface area contributed by atoms with Gasteiger partial charge < -0.3 is 5.32 Å². The van der Waals surface area contributed by atoms with Crippen molar-refractivity contribution in [3.63, 3.8) is 0 Å². The van der Waals surface area contributed by atoms with E-state index < -0.39 is 0 Å². The zero-order chi connectivity index (χ0) is 12.3. The van der Waals surface area contributed by atoms with E-state index in [-0.39, 0.29) is 0 Å². The smallest absolute Gasteiger partial charge is 0.110 e. The Morgan fingerprint density at radius 1 is 1.24 bits per heavy atom. The number of aryl methyl sites for hydroxylation is 2. The van der Waals surface area contributed by atoms with Crippen molar-refractivity contribution in [2.45, 2.75) is 20.4 Å². The minimum absolute atomic E-state index is 0.766. The van der Waals surface area contributed by atoms with Gasteiger partial charge in [0.05, 0.1) is 0 Å². The van der Waals surface area contributed by atoms with Crippen molar-refractivity contribution in [1.82, 2.24) is 0 Å². The molecule has 0 saturated heterocycles. The monoisotopic (exact) mass is 242 g/mol. The van der Waals surface area contributed by atoms with Crippen LogP contribution in [0.2, 0.25) is 0 Å². The molecule has 0 aliphatic carbocycles. The Labute approximate surface area is 106 Å². The average molecular weight is 242 g/mol. The average Bonchev–Trinajstić information content (AvgIpc) is 2.76. The van der Waals surface area contributed by atoms with Gasteiger partial charge in [0.2, 0.25) is 0 Å². The topological polar surface area (TPSA) is 35.8 Å². The quantitative estimate of drug-likeness (QED) is 0.887. The molecule has 0 saturated carbocycles. The van der Waals surface area contributed by atoms with Gasteiger partial charge >= 0.3 is 0 Å². The molecule has 0 fully saturated rings. The van der Waals surface area contributed by atoms with E-state index in [2.05, 4.69) is 43.4 Å². The van der Waals surface area contributed by atoms with Crippen molar-refractivity contribution < 1.29 is 0 Å². The van der Waals surface area contributed by atoms with Crippen LogP contribution in [0.25, 0.3) is 0 Å². The van der Waals surface area contributed by atoms with Gasteiger partial charge in [-0.15, -0.1) is 11.3 Å². The number of nitriles is 1. The van der Waals surface area contributed by atoms with E-state index in [1.807, 2.05) is 12.1 Å². The highest BCUT2D eigenvalue weighted by Crippen LogP contribution is 2.20. The van der Waals surface area contributed by atoms with Crippen molar-refractivity contribution in [1.29, 1.82) is 5.26 Å². The first-order valence-electron chi connectivity index (χ1n) is 5.49. The first kappa shape index (κ1) is 11.7. The molecule has 0 unspecified atom stereocenters. The third-order valence-electron chi connectivity index (χ3n) is 2.61. The molecule has 0 radical (unpaired) electrons. The Hall–Kier alpha value is -1.79. The summed E-state index contributed by atoms with van der Waals surface area (Å²) in [5, 5.41) is 12.1. The largest absolute Gasteiger partial charge is 0.380 e. The standard InChI is InChI=1S/C14H14N2S/c1-10-3-6-14(11(2)7-10)16-9-13-5-4-12(8-15)17-13/h3-7,16H,9H2,1-2H3. The van der Waals surface area contributed by atoms with Crippen LogP contribution in [-0.4, -0.2) is 0 Å². The molecule has 1 heterocycles. The maximum Gasteiger partial charge on any atom is 0.110 e. The number of benzene rings is 1. The first-order valence-corrected chi connectivity index (χ1v) is 6.30. The van der Waals surface area contributed by atoms with Crippen LogP contribution >= 0.6 is 11.3 Å². The van der Waals surface area contributed by atoms with E-state index in [0.29, 0.717) is 0 Å². The highest BCUT2D eigenvalue weighted by molar-refractivity contribution is 7.12. The van der Waals surface area contributed by atoms with Crippen molar-refractivity contribution in [3.8, 4) is 6.07 Å². The first-order chi connectivity index (χ1) is 8.19. The van der Waals surface area contributed by atoms with Gasteiger partial charge in [-0.2, -0.15) is 5.26 Å². The summed E-state index contributed by atoms with van der Waals surface area (Å²) in [4.78, 5) is 1.95. The summed E-state index contributed by atoms with van der Waals surface area (Å²) in [5.41, 5.74) is 3.68. The predicted octanol–water partition coefficient (Wildman–Crippen LogP) is 3.85. The minimum atomic E-state index is 0.766. The lowest BCUT2D eigenvalue weighted by Gasteiger charge is -2.08. The van der Waals surface area contributed by atoms with Crippen molar-refractivity contribution in [2.75, 3.05) is 5.32 Å². The minimum Gasteiger partial charge on any atom is -0.380 e. The third kappa shape index (κ3) is 2.86. The van der Waals surface area contributed by atoms with E-state index in [9.17, 15) is 0 Å². The SMILES string of the molecule is Cc1ccc(NCc2ccc(C#N)s2)c(C)c1. The van der Waals surface area contributed by atoms with Crippen LogP contribution in [-0.2, 0) is 6.54 Å². The zero-order valence-corrected chi connectivity index (χ0v) is 10.8. The molecule has 0 aliphatic heterocycles. The summed E-state index contributed by atoms with van der Waals surface area (Å²) in [7, 11) is 0. The van der Waals surface area contributed by atoms with Crippen molar-refractivity contribution >= 4 is 17.0 Å². The fourth-order valence-corrected chi connectivity index (χ4v) is 2.47. The maximum absolute atomic E-state index is 8.75. The van der Waals surface area contributed by atoms with Crippen LogP contribution < -0.4 is 5.32 Å². The van der Waals surface area contributed by atoms with E-state index >= 15 is 0 Å². The number of hydrogen-bond donors (Lipinski definition) is 1. The van der Waals surface area contributed by atoms with Crippen LogP contribution in [0.15, 0.2) is 30.3 Å². The van der Waals surface area contributed by atoms with E-state index in [1.54, 1.807) is 0 Å². The van der Waals surface area contributed by atoms with Gasteiger partial charge in [0, 0.05) is 17.1 Å². The third-order valence-corrected chi connectivity index (χ3v) is 3.60. The van der Waals surface area contributed by atoms with Crippen LogP contribution in [0.5, 0.6) is 0 Å². The summed E-state index contributed by atoms with van der Waals surface area (Å²) < 4.78 is 0. The Morgan fingerprint density at radius 3 is 2.71 bits per heavy atom. The summed E-state index contributed by atoms with van der Waals surface area (Å²) in [6.45, 7) is 4.97. The molecule has 17 heavy (non-hydrogen) atoms. The van der Waals surface area contributed by atoms with Crippen LogP contribution in [0, 0.1) is 25.2 Å². The Bertz CT molecular complexity index is 564. The number of hydrogen-bond acceptors (Lipinski definition) is 3. The Balaban J connectivity index is 2.05. The van der Waals surface area contributed by atoms with E-state index in [4.69, 9.17) is 5.26 Å². The van der Waals surface area contributed by atoms with Crippen molar-refractivity contribution in [3.05, 3.63) is 51.2 Å². The fraction of sp³-hybridized carbons (Fsp3) is 0.214. The lowest BCUT2D eigenvalue weighted by Crippen LogP contribution is -1.99. The van der Waals surface area contributed by atoms with Gasteiger partial charge in [-0.05, 0) is 37.6 Å². The number of thiophene rings is 1. The maximum atomic E-state index is 8.75. The zero-order valence-electron chi connectivity index (χ0n) is 9.95. The number of rotatable bonds is 3. The molecule has 1 aromatic carbocycles. The molecule has 0 spiro atoms. The second-order valence-electron chi connectivity index (χ2n) is 4.05. The van der Waals surface area contributed by atoms with Gasteiger partial charge in [-0.3, -0.25) is 0 Å². The van der Waals surface area contributed by atoms with Gasteiger partial charge in [0.15, 0.2) is 0 Å². The molecule has 2 nitrogen and oxygen atoms in total. The van der Waals surface area contributed by atoms with Gasteiger partial charge in [-0.1, -0.05) is 17.7 Å². The van der Waals surface area contributed by atoms with Crippen LogP contribution in [0.4, 0.5) is 5.69 Å². The molecule has 0 amide bonds. The molecule has 0 bridgehead atoms. The van der Waals surface area contributed by atoms with Gasteiger partial charge in [0.25, 0.3) is 0 Å². The normalized spacial score (nSPS) is 9.94. The number of nitrogens with zero attached hydrogens (tertiary/aromatic N) is 1. The summed E-state index contributed by atoms with van der Waals surface area (Å²) in [6.07, 6.45) is 0. The Kier molecular flexibility index (Phi) is 3.46. The number of nitrogens with one attached hydrogen (secondary N) is 1. The second kappa shape index (κ2) is 5.03. The predicted molar refractivity (Wildman–Crippen MR) is 72.3 cm³/mol. The Morgan fingerprint density at radius 2 is 2.06 bits per heavy atom. The molecular weight excluding hydrogens is 228 g/mol. The summed E-state index contributed by atoms with van der Waals surface area (Å²) in [6, 6.07) is 12.4. The lowest BCUT2D eigenvalue weighted by atomic mass is 10.1. The molecule has 1 N–H and O–H groups in total. The molecule has 2 aromatic rings. The fourth-order valence-electron chi connectivity index (χ4n) is 1.73. The highest BCUT2D eigenvalue weighted by Gasteiger charge is 2.01. The van der Waals surface area contributed by atoms with Crippen molar-refractivity contribution in [2.24, 2.45) is 0 Å². The second-order valence-corrected chi connectivity index (χ2v) is 5.22. The summed E-state index contributed by atoms with van der Waals surface area (Å²) >= 11 is 1.54. The molecule has 0 atom stereocenters. The summed E-state index contributed by atoms with van der Waals surface area (Å²) in [5.74, 6) is 0. The molecule has 2 rings (SSSR count). The molecule has 86 valence electrons. The molecular formula is C14H14N2S.